The Morgan fingerprint density at radius 1 is 1.20 bits per heavy atom. The van der Waals surface area contributed by atoms with Crippen LogP contribution in [0.25, 0.3) is 10.9 Å². The minimum Gasteiger partial charge on any atom is -0.357 e. The van der Waals surface area contributed by atoms with E-state index in [0.717, 1.165) is 0 Å². The molecule has 0 spiro atoms. The monoisotopic (exact) mass is 268 g/mol. The summed E-state index contributed by atoms with van der Waals surface area (Å²) >= 11 is 0. The predicted octanol–water partition coefficient (Wildman–Crippen LogP) is 4.49. The number of H-pyrrole nitrogens is 1. The molecule has 2 aliphatic rings. The second kappa shape index (κ2) is 4.11. The number of fused-ring (bicyclic) bond motifs is 5. The average Bonchev–Trinajstić information content (AvgIpc) is 2.78. The van der Waals surface area contributed by atoms with E-state index in [9.17, 15) is 0 Å². The number of para-hydroxylation sites is 1. The molecule has 0 radical (unpaired) electrons. The molecular formula is C18H24N2. The van der Waals surface area contributed by atoms with Gasteiger partial charge in [-0.2, -0.15) is 0 Å². The van der Waals surface area contributed by atoms with Crippen LogP contribution in [0.15, 0.2) is 24.3 Å². The molecule has 2 aromatic rings. The van der Waals surface area contributed by atoms with E-state index >= 15 is 0 Å². The lowest BCUT2D eigenvalue weighted by Gasteiger charge is -2.45. The first-order valence-electron chi connectivity index (χ1n) is 7.92. The highest BCUT2D eigenvalue weighted by Crippen LogP contribution is 2.49. The Kier molecular flexibility index (Phi) is 2.56. The first-order valence-corrected chi connectivity index (χ1v) is 7.92. The minimum absolute atomic E-state index is 0.438. The molecule has 0 saturated heterocycles. The van der Waals surface area contributed by atoms with Crippen molar-refractivity contribution in [2.75, 3.05) is 0 Å². The van der Waals surface area contributed by atoms with Crippen LogP contribution >= 0.6 is 0 Å². The zero-order valence-electron chi connectivity index (χ0n) is 12.7. The Hall–Kier alpha value is -1.28. The van der Waals surface area contributed by atoms with Crippen LogP contribution in [0.2, 0.25) is 0 Å². The summed E-state index contributed by atoms with van der Waals surface area (Å²) in [5.74, 6) is 0.686. The zero-order valence-corrected chi connectivity index (χ0v) is 12.7. The largest absolute Gasteiger partial charge is 0.357 e. The van der Waals surface area contributed by atoms with Gasteiger partial charge in [0.2, 0.25) is 0 Å². The molecule has 20 heavy (non-hydrogen) atoms. The van der Waals surface area contributed by atoms with Gasteiger partial charge in [-0.05, 0) is 43.2 Å². The molecule has 0 bridgehead atoms. The van der Waals surface area contributed by atoms with Crippen LogP contribution in [0.3, 0.4) is 0 Å². The molecule has 1 aromatic carbocycles. The quantitative estimate of drug-likeness (QED) is 0.723. The lowest BCUT2D eigenvalue weighted by atomic mass is 9.66. The van der Waals surface area contributed by atoms with Gasteiger partial charge < -0.3 is 10.3 Å². The first kappa shape index (κ1) is 12.5. The Morgan fingerprint density at radius 3 is 2.85 bits per heavy atom. The standard InChI is InChI=1S/C18H24N2/c1-11-17-16(12-6-4-5-7-14(12)20-17)13-8-9-18(2,3)10-15(13)19-11/h4-7,11,13,15,19-20H,8-10H2,1-3H3/t11-,13+,15+/m1/s1. The molecule has 3 atom stereocenters. The summed E-state index contributed by atoms with van der Waals surface area (Å²) in [5.41, 5.74) is 4.81. The molecule has 1 saturated carbocycles. The van der Waals surface area contributed by atoms with Gasteiger partial charge in [0.05, 0.1) is 0 Å². The molecule has 4 rings (SSSR count). The molecule has 1 aliphatic carbocycles. The van der Waals surface area contributed by atoms with E-state index in [2.05, 4.69) is 55.3 Å². The van der Waals surface area contributed by atoms with Gasteiger partial charge in [0.25, 0.3) is 0 Å². The van der Waals surface area contributed by atoms with Gasteiger partial charge in [-0.3, -0.25) is 0 Å². The molecule has 1 aromatic heterocycles. The summed E-state index contributed by atoms with van der Waals surface area (Å²) in [4.78, 5) is 3.66. The van der Waals surface area contributed by atoms with Crippen LogP contribution in [0.1, 0.15) is 63.3 Å². The fourth-order valence-corrected chi connectivity index (χ4v) is 4.44. The summed E-state index contributed by atoms with van der Waals surface area (Å²) in [6.45, 7) is 7.13. The van der Waals surface area contributed by atoms with E-state index in [1.54, 1.807) is 5.56 Å². The fraction of sp³-hybridized carbons (Fsp3) is 0.556. The highest BCUT2D eigenvalue weighted by Gasteiger charge is 2.41. The van der Waals surface area contributed by atoms with E-state index in [-0.39, 0.29) is 0 Å². The smallest absolute Gasteiger partial charge is 0.0459 e. The molecule has 2 N–H and O–H groups in total. The maximum atomic E-state index is 3.86. The molecule has 2 heteroatoms. The van der Waals surface area contributed by atoms with Crippen molar-refractivity contribution in [1.82, 2.24) is 10.3 Å². The molecular weight excluding hydrogens is 244 g/mol. The van der Waals surface area contributed by atoms with E-state index in [1.807, 2.05) is 0 Å². The molecule has 2 nitrogen and oxygen atoms in total. The fourth-order valence-electron chi connectivity index (χ4n) is 4.44. The Balaban J connectivity index is 1.86. The van der Waals surface area contributed by atoms with Crippen molar-refractivity contribution >= 4 is 10.9 Å². The number of benzene rings is 1. The van der Waals surface area contributed by atoms with Crippen molar-refractivity contribution < 1.29 is 0 Å². The molecule has 1 aliphatic heterocycles. The van der Waals surface area contributed by atoms with Crippen molar-refractivity contribution in [3.8, 4) is 0 Å². The van der Waals surface area contributed by atoms with Crippen molar-refractivity contribution in [2.24, 2.45) is 5.41 Å². The average molecular weight is 268 g/mol. The highest BCUT2D eigenvalue weighted by atomic mass is 15.0. The number of hydrogen-bond donors (Lipinski definition) is 2. The molecule has 1 fully saturated rings. The minimum atomic E-state index is 0.438. The third-order valence-electron chi connectivity index (χ3n) is 5.43. The Labute approximate surface area is 121 Å². The summed E-state index contributed by atoms with van der Waals surface area (Å²) in [6, 6.07) is 9.88. The van der Waals surface area contributed by atoms with Crippen molar-refractivity contribution in [2.45, 2.75) is 58.0 Å². The third-order valence-corrected chi connectivity index (χ3v) is 5.43. The van der Waals surface area contributed by atoms with Gasteiger partial charge in [0, 0.05) is 34.6 Å². The lowest BCUT2D eigenvalue weighted by Crippen LogP contribution is -2.46. The second-order valence-corrected chi connectivity index (χ2v) is 7.51. The van der Waals surface area contributed by atoms with Gasteiger partial charge >= 0.3 is 0 Å². The van der Waals surface area contributed by atoms with Crippen LogP contribution in [0.4, 0.5) is 0 Å². The maximum absolute atomic E-state index is 3.86. The van der Waals surface area contributed by atoms with Gasteiger partial charge in [0.1, 0.15) is 0 Å². The summed E-state index contributed by atoms with van der Waals surface area (Å²) in [5, 5.41) is 5.31. The number of hydrogen-bond acceptors (Lipinski definition) is 1. The van der Waals surface area contributed by atoms with Crippen LogP contribution in [-0.2, 0) is 0 Å². The predicted molar refractivity (Wildman–Crippen MR) is 84.0 cm³/mol. The SMILES string of the molecule is C[C@H]1N[C@H]2CC(C)(C)CC[C@@H]2c2c1[nH]c1ccccc21. The van der Waals surface area contributed by atoms with Crippen LogP contribution in [-0.4, -0.2) is 11.0 Å². The van der Waals surface area contributed by atoms with Crippen LogP contribution in [0, 0.1) is 5.41 Å². The van der Waals surface area contributed by atoms with Crippen molar-refractivity contribution in [1.29, 1.82) is 0 Å². The maximum Gasteiger partial charge on any atom is 0.0459 e. The topological polar surface area (TPSA) is 27.8 Å². The van der Waals surface area contributed by atoms with Crippen LogP contribution < -0.4 is 5.32 Å². The Bertz CT molecular complexity index is 652. The lowest BCUT2D eigenvalue weighted by molar-refractivity contribution is 0.159. The van der Waals surface area contributed by atoms with Crippen molar-refractivity contribution in [3.63, 3.8) is 0 Å². The summed E-state index contributed by atoms with van der Waals surface area (Å²) in [7, 11) is 0. The molecule has 2 heterocycles. The zero-order chi connectivity index (χ0) is 13.9. The highest BCUT2D eigenvalue weighted by molar-refractivity contribution is 5.85. The van der Waals surface area contributed by atoms with Gasteiger partial charge in [-0.1, -0.05) is 32.0 Å². The molecule has 0 unspecified atom stereocenters. The van der Waals surface area contributed by atoms with Crippen molar-refractivity contribution in [3.05, 3.63) is 35.5 Å². The number of nitrogens with one attached hydrogen (secondary N) is 2. The van der Waals surface area contributed by atoms with Gasteiger partial charge in [-0.25, -0.2) is 0 Å². The van der Waals surface area contributed by atoms with Gasteiger partial charge in [0.15, 0.2) is 0 Å². The number of aromatic amines is 1. The third kappa shape index (κ3) is 1.74. The van der Waals surface area contributed by atoms with E-state index < -0.39 is 0 Å². The van der Waals surface area contributed by atoms with E-state index in [4.69, 9.17) is 0 Å². The number of aromatic nitrogens is 1. The Morgan fingerprint density at radius 2 is 2.00 bits per heavy atom. The van der Waals surface area contributed by atoms with E-state index in [1.165, 1.54) is 35.9 Å². The normalized spacial score (nSPS) is 31.9. The first-order chi connectivity index (χ1) is 9.55. The van der Waals surface area contributed by atoms with Crippen LogP contribution in [0.5, 0.6) is 0 Å². The molecule has 0 amide bonds. The van der Waals surface area contributed by atoms with E-state index in [0.29, 0.717) is 23.4 Å². The number of rotatable bonds is 0. The summed E-state index contributed by atoms with van der Waals surface area (Å²) < 4.78 is 0. The summed E-state index contributed by atoms with van der Waals surface area (Å²) in [6.07, 6.45) is 3.94. The molecule has 106 valence electrons. The second-order valence-electron chi connectivity index (χ2n) is 7.51. The van der Waals surface area contributed by atoms with Gasteiger partial charge in [-0.15, -0.1) is 0 Å².